The first kappa shape index (κ1) is 12.7. The molecular formula is C13H16Cl2N2. The third-order valence-electron chi connectivity index (χ3n) is 2.51. The van der Waals surface area contributed by atoms with E-state index in [4.69, 9.17) is 23.2 Å². The molecule has 92 valence electrons. The average Bonchev–Trinajstić information content (AvgIpc) is 2.56. The first-order valence-corrected chi connectivity index (χ1v) is 6.32. The number of aromatic nitrogens is 1. The average molecular weight is 271 g/mol. The number of fused-ring (bicyclic) bond motifs is 1. The number of aromatic amines is 1. The SMILES string of the molecule is CC(C)(C)NCc1cc2cc(Cl)cc(Cl)c2[nH]1. The Morgan fingerprint density at radius 1 is 1.18 bits per heavy atom. The Hall–Kier alpha value is -0.700. The van der Waals surface area contributed by atoms with Crippen LogP contribution in [0.2, 0.25) is 10.0 Å². The Kier molecular flexibility index (Phi) is 3.39. The van der Waals surface area contributed by atoms with Gasteiger partial charge in [-0.3, -0.25) is 0 Å². The lowest BCUT2D eigenvalue weighted by atomic mass is 10.1. The van der Waals surface area contributed by atoms with Crippen LogP contribution in [0, 0.1) is 0 Å². The molecule has 2 N–H and O–H groups in total. The number of halogens is 2. The van der Waals surface area contributed by atoms with Gasteiger partial charge in [0.25, 0.3) is 0 Å². The smallest absolute Gasteiger partial charge is 0.0661 e. The summed E-state index contributed by atoms with van der Waals surface area (Å²) in [5, 5.41) is 5.80. The molecule has 0 fully saturated rings. The Labute approximate surface area is 111 Å². The highest BCUT2D eigenvalue weighted by Crippen LogP contribution is 2.28. The summed E-state index contributed by atoms with van der Waals surface area (Å²) in [4.78, 5) is 3.31. The molecule has 0 bridgehead atoms. The Bertz CT molecular complexity index is 538. The van der Waals surface area contributed by atoms with Crippen LogP contribution < -0.4 is 5.32 Å². The maximum Gasteiger partial charge on any atom is 0.0661 e. The lowest BCUT2D eigenvalue weighted by Gasteiger charge is -2.19. The minimum absolute atomic E-state index is 0.0960. The maximum atomic E-state index is 6.13. The van der Waals surface area contributed by atoms with Gasteiger partial charge in [-0.2, -0.15) is 0 Å². The first-order valence-electron chi connectivity index (χ1n) is 5.57. The van der Waals surface area contributed by atoms with Crippen molar-refractivity contribution in [3.8, 4) is 0 Å². The maximum absolute atomic E-state index is 6.13. The normalized spacial score (nSPS) is 12.3. The van der Waals surface area contributed by atoms with Gasteiger partial charge in [-0.15, -0.1) is 0 Å². The van der Waals surface area contributed by atoms with Gasteiger partial charge in [0.15, 0.2) is 0 Å². The fourth-order valence-corrected chi connectivity index (χ4v) is 2.24. The number of nitrogens with one attached hydrogen (secondary N) is 2. The number of benzene rings is 1. The van der Waals surface area contributed by atoms with E-state index in [1.165, 1.54) is 0 Å². The molecule has 4 heteroatoms. The molecule has 0 spiro atoms. The molecule has 1 heterocycles. The van der Waals surface area contributed by atoms with E-state index < -0.39 is 0 Å². The molecular weight excluding hydrogens is 255 g/mol. The molecule has 17 heavy (non-hydrogen) atoms. The highest BCUT2D eigenvalue weighted by molar-refractivity contribution is 6.38. The number of hydrogen-bond acceptors (Lipinski definition) is 1. The summed E-state index contributed by atoms with van der Waals surface area (Å²) in [6, 6.07) is 5.74. The fourth-order valence-electron chi connectivity index (χ4n) is 1.68. The van der Waals surface area contributed by atoms with Crippen molar-refractivity contribution in [1.29, 1.82) is 0 Å². The van der Waals surface area contributed by atoms with Gasteiger partial charge in [0.2, 0.25) is 0 Å². The van der Waals surface area contributed by atoms with Crippen molar-refractivity contribution in [2.45, 2.75) is 32.9 Å². The topological polar surface area (TPSA) is 27.8 Å². The summed E-state index contributed by atoms with van der Waals surface area (Å²) in [5.41, 5.74) is 2.15. The van der Waals surface area contributed by atoms with Crippen molar-refractivity contribution in [3.63, 3.8) is 0 Å². The van der Waals surface area contributed by atoms with Crippen LogP contribution in [0.1, 0.15) is 26.5 Å². The Morgan fingerprint density at radius 3 is 2.53 bits per heavy atom. The van der Waals surface area contributed by atoms with Gasteiger partial charge < -0.3 is 10.3 Å². The molecule has 0 unspecified atom stereocenters. The lowest BCUT2D eigenvalue weighted by Crippen LogP contribution is -2.35. The van der Waals surface area contributed by atoms with Crippen LogP contribution in [0.15, 0.2) is 18.2 Å². The zero-order chi connectivity index (χ0) is 12.6. The molecule has 0 aliphatic carbocycles. The van der Waals surface area contributed by atoms with Gasteiger partial charge >= 0.3 is 0 Å². The van der Waals surface area contributed by atoms with Gasteiger partial charge in [0.05, 0.1) is 10.5 Å². The molecule has 2 rings (SSSR count). The van der Waals surface area contributed by atoms with Crippen LogP contribution in [0.5, 0.6) is 0 Å². The third-order valence-corrected chi connectivity index (χ3v) is 3.03. The van der Waals surface area contributed by atoms with Gasteiger partial charge in [0, 0.05) is 28.2 Å². The van der Waals surface area contributed by atoms with E-state index >= 15 is 0 Å². The second kappa shape index (κ2) is 4.52. The van der Waals surface area contributed by atoms with Gasteiger partial charge in [-0.05, 0) is 39.0 Å². The summed E-state index contributed by atoms with van der Waals surface area (Å²) in [6.07, 6.45) is 0. The molecule has 0 aliphatic heterocycles. The van der Waals surface area contributed by atoms with E-state index in [0.717, 1.165) is 23.1 Å². The largest absolute Gasteiger partial charge is 0.356 e. The summed E-state index contributed by atoms with van der Waals surface area (Å²) >= 11 is 12.1. The molecule has 0 amide bonds. The molecule has 0 saturated carbocycles. The van der Waals surface area contributed by atoms with Crippen LogP contribution in [-0.4, -0.2) is 10.5 Å². The van der Waals surface area contributed by atoms with E-state index in [1.54, 1.807) is 6.07 Å². The van der Waals surface area contributed by atoms with Crippen LogP contribution in [0.3, 0.4) is 0 Å². The molecule has 0 saturated heterocycles. The van der Waals surface area contributed by atoms with Crippen LogP contribution in [0.25, 0.3) is 10.9 Å². The van der Waals surface area contributed by atoms with Gasteiger partial charge in [0.1, 0.15) is 0 Å². The highest BCUT2D eigenvalue weighted by Gasteiger charge is 2.10. The van der Waals surface area contributed by atoms with Crippen LogP contribution in [-0.2, 0) is 6.54 Å². The monoisotopic (exact) mass is 270 g/mol. The van der Waals surface area contributed by atoms with Gasteiger partial charge in [-0.1, -0.05) is 23.2 Å². The first-order chi connectivity index (χ1) is 7.85. The Morgan fingerprint density at radius 2 is 1.88 bits per heavy atom. The minimum Gasteiger partial charge on any atom is -0.356 e. The van der Waals surface area contributed by atoms with E-state index in [9.17, 15) is 0 Å². The van der Waals surface area contributed by atoms with Crippen molar-refractivity contribution in [2.75, 3.05) is 0 Å². The standard InChI is InChI=1S/C13H16Cl2N2/c1-13(2,3)16-7-10-5-8-4-9(14)6-11(15)12(8)17-10/h4-6,16-17H,7H2,1-3H3. The molecule has 1 aromatic heterocycles. The van der Waals surface area contributed by atoms with E-state index in [0.29, 0.717) is 10.0 Å². The number of rotatable bonds is 2. The summed E-state index contributed by atoms with van der Waals surface area (Å²) in [5.74, 6) is 0. The van der Waals surface area contributed by atoms with E-state index in [-0.39, 0.29) is 5.54 Å². The summed E-state index contributed by atoms with van der Waals surface area (Å²) in [7, 11) is 0. The molecule has 0 atom stereocenters. The van der Waals surface area contributed by atoms with Crippen LogP contribution >= 0.6 is 23.2 Å². The van der Waals surface area contributed by atoms with Crippen molar-refractivity contribution < 1.29 is 0 Å². The van der Waals surface area contributed by atoms with Gasteiger partial charge in [-0.25, -0.2) is 0 Å². The van der Waals surface area contributed by atoms with Crippen molar-refractivity contribution in [3.05, 3.63) is 33.9 Å². The van der Waals surface area contributed by atoms with Crippen molar-refractivity contribution in [1.82, 2.24) is 10.3 Å². The zero-order valence-electron chi connectivity index (χ0n) is 10.2. The molecule has 0 aliphatic rings. The van der Waals surface area contributed by atoms with E-state index in [1.807, 2.05) is 6.07 Å². The fraction of sp³-hybridized carbons (Fsp3) is 0.385. The minimum atomic E-state index is 0.0960. The lowest BCUT2D eigenvalue weighted by molar-refractivity contribution is 0.422. The second-order valence-electron chi connectivity index (χ2n) is 5.25. The highest BCUT2D eigenvalue weighted by atomic mass is 35.5. The predicted molar refractivity (Wildman–Crippen MR) is 74.9 cm³/mol. The summed E-state index contributed by atoms with van der Waals surface area (Å²) < 4.78 is 0. The number of hydrogen-bond donors (Lipinski definition) is 2. The zero-order valence-corrected chi connectivity index (χ0v) is 11.7. The second-order valence-corrected chi connectivity index (χ2v) is 6.09. The molecule has 2 nitrogen and oxygen atoms in total. The molecule has 1 aromatic carbocycles. The summed E-state index contributed by atoms with van der Waals surface area (Å²) in [6.45, 7) is 7.20. The quantitative estimate of drug-likeness (QED) is 0.834. The van der Waals surface area contributed by atoms with E-state index in [2.05, 4.69) is 37.1 Å². The molecule has 2 aromatic rings. The Balaban J connectivity index is 2.29. The van der Waals surface area contributed by atoms with Crippen LogP contribution in [0.4, 0.5) is 0 Å². The predicted octanol–water partition coefficient (Wildman–Crippen LogP) is 4.36. The third kappa shape index (κ3) is 3.15. The van der Waals surface area contributed by atoms with Crippen molar-refractivity contribution in [2.24, 2.45) is 0 Å². The molecule has 0 radical (unpaired) electrons. The van der Waals surface area contributed by atoms with Crippen molar-refractivity contribution >= 4 is 34.1 Å². The number of H-pyrrole nitrogens is 1.